The molecule has 156 valence electrons. The average molecular weight is 413 g/mol. The normalized spacial score (nSPS) is 11.5. The summed E-state index contributed by atoms with van der Waals surface area (Å²) in [6, 6.07) is 22.7. The number of nitrogens with zero attached hydrogens (tertiary/aromatic N) is 3. The summed E-state index contributed by atoms with van der Waals surface area (Å²) in [5.41, 5.74) is 4.09. The molecule has 0 saturated carbocycles. The molecular formula is C24H23N5O2. The lowest BCUT2D eigenvalue weighted by atomic mass is 10.1. The van der Waals surface area contributed by atoms with Crippen molar-refractivity contribution in [1.29, 1.82) is 0 Å². The first kappa shape index (κ1) is 20.2. The van der Waals surface area contributed by atoms with Gasteiger partial charge in [-0.3, -0.25) is 4.79 Å². The van der Waals surface area contributed by atoms with Gasteiger partial charge in [-0.15, -0.1) is 0 Å². The number of anilines is 2. The van der Waals surface area contributed by atoms with Crippen molar-refractivity contribution in [3.8, 4) is 11.4 Å². The van der Waals surface area contributed by atoms with Crippen LogP contribution in [-0.2, 0) is 0 Å². The van der Waals surface area contributed by atoms with E-state index in [9.17, 15) is 4.79 Å². The van der Waals surface area contributed by atoms with Gasteiger partial charge in [-0.1, -0.05) is 24.3 Å². The van der Waals surface area contributed by atoms with Gasteiger partial charge in [-0.25, -0.2) is 9.67 Å². The predicted molar refractivity (Wildman–Crippen MR) is 120 cm³/mol. The van der Waals surface area contributed by atoms with Gasteiger partial charge in [0.1, 0.15) is 18.4 Å². The molecule has 7 heteroatoms. The van der Waals surface area contributed by atoms with Crippen LogP contribution in [0.15, 0.2) is 85.5 Å². The van der Waals surface area contributed by atoms with E-state index >= 15 is 0 Å². The van der Waals surface area contributed by atoms with Gasteiger partial charge in [0.25, 0.3) is 5.91 Å². The number of carbonyl (C=O) groups is 1. The summed E-state index contributed by atoms with van der Waals surface area (Å²) >= 11 is 0. The van der Waals surface area contributed by atoms with E-state index in [2.05, 4.69) is 20.7 Å². The maximum Gasteiger partial charge on any atom is 0.253 e. The molecule has 1 aromatic heterocycles. The lowest BCUT2D eigenvalue weighted by Crippen LogP contribution is -2.27. The third kappa shape index (κ3) is 4.72. The average Bonchev–Trinajstić information content (AvgIpc) is 3.35. The number of nitrogens with one attached hydrogen (secondary N) is 2. The number of amides is 1. The summed E-state index contributed by atoms with van der Waals surface area (Å²) in [4.78, 5) is 17.0. The Balaban J connectivity index is 1.46. The summed E-state index contributed by atoms with van der Waals surface area (Å²) in [6.45, 7) is 1.96. The molecule has 0 fully saturated rings. The van der Waals surface area contributed by atoms with Crippen LogP contribution in [-0.4, -0.2) is 27.8 Å². The van der Waals surface area contributed by atoms with Gasteiger partial charge in [-0.2, -0.15) is 5.10 Å². The van der Waals surface area contributed by atoms with E-state index in [1.807, 2.05) is 79.7 Å². The maximum atomic E-state index is 13.0. The fourth-order valence-electron chi connectivity index (χ4n) is 3.23. The van der Waals surface area contributed by atoms with Gasteiger partial charge in [0.2, 0.25) is 0 Å². The minimum absolute atomic E-state index is 0.149. The van der Waals surface area contributed by atoms with Crippen LogP contribution < -0.4 is 15.4 Å². The molecule has 1 amide bonds. The van der Waals surface area contributed by atoms with Crippen molar-refractivity contribution in [1.82, 2.24) is 20.1 Å². The van der Waals surface area contributed by atoms with Crippen molar-refractivity contribution in [3.63, 3.8) is 0 Å². The Hall–Kier alpha value is -4.13. The van der Waals surface area contributed by atoms with Gasteiger partial charge >= 0.3 is 0 Å². The molecular weight excluding hydrogens is 390 g/mol. The molecule has 0 radical (unpaired) electrons. The quantitative estimate of drug-likeness (QED) is 0.466. The molecule has 1 heterocycles. The lowest BCUT2D eigenvalue weighted by Gasteiger charge is -2.17. The smallest absolute Gasteiger partial charge is 0.253 e. The van der Waals surface area contributed by atoms with Crippen molar-refractivity contribution < 1.29 is 9.53 Å². The van der Waals surface area contributed by atoms with E-state index < -0.39 is 0 Å². The summed E-state index contributed by atoms with van der Waals surface area (Å²) in [6.07, 6.45) is 3.14. The Morgan fingerprint density at radius 3 is 2.42 bits per heavy atom. The molecule has 0 aliphatic rings. The highest BCUT2D eigenvalue weighted by molar-refractivity contribution is 6.00. The highest BCUT2D eigenvalue weighted by Gasteiger charge is 2.15. The molecule has 0 aliphatic heterocycles. The molecule has 4 aromatic rings. The number of benzene rings is 3. The summed E-state index contributed by atoms with van der Waals surface area (Å²) in [7, 11) is 1.63. The van der Waals surface area contributed by atoms with Gasteiger partial charge in [0, 0.05) is 5.69 Å². The first-order valence-electron chi connectivity index (χ1n) is 9.90. The number of para-hydroxylation sites is 1. The number of methoxy groups -OCH3 is 1. The second kappa shape index (κ2) is 9.13. The fraction of sp³-hybridized carbons (Fsp3) is 0.125. The number of hydrogen-bond acceptors (Lipinski definition) is 5. The molecule has 31 heavy (non-hydrogen) atoms. The summed E-state index contributed by atoms with van der Waals surface area (Å²) in [5, 5.41) is 10.5. The van der Waals surface area contributed by atoms with Crippen molar-refractivity contribution in [2.75, 3.05) is 12.4 Å². The number of hydrogen-bond donors (Lipinski definition) is 2. The van der Waals surface area contributed by atoms with Crippen LogP contribution in [0, 0.1) is 0 Å². The number of ether oxygens (including phenoxy) is 1. The zero-order chi connectivity index (χ0) is 21.6. The third-order valence-electron chi connectivity index (χ3n) is 4.96. The van der Waals surface area contributed by atoms with Crippen LogP contribution in [0.1, 0.15) is 28.9 Å². The molecule has 0 spiro atoms. The van der Waals surface area contributed by atoms with Crippen molar-refractivity contribution >= 4 is 17.3 Å². The Morgan fingerprint density at radius 2 is 1.74 bits per heavy atom. The molecule has 7 nitrogen and oxygen atoms in total. The Labute approximate surface area is 180 Å². The molecule has 3 aromatic carbocycles. The number of rotatable bonds is 7. The third-order valence-corrected chi connectivity index (χ3v) is 4.96. The molecule has 4 rings (SSSR count). The van der Waals surface area contributed by atoms with E-state index in [1.54, 1.807) is 18.1 Å². The monoisotopic (exact) mass is 413 g/mol. The topological polar surface area (TPSA) is 81.1 Å². The zero-order valence-electron chi connectivity index (χ0n) is 17.3. The highest BCUT2D eigenvalue weighted by atomic mass is 16.5. The Bertz CT molecular complexity index is 1140. The van der Waals surface area contributed by atoms with E-state index in [-0.39, 0.29) is 11.9 Å². The largest absolute Gasteiger partial charge is 0.497 e. The minimum Gasteiger partial charge on any atom is -0.497 e. The van der Waals surface area contributed by atoms with Crippen LogP contribution in [0.3, 0.4) is 0 Å². The van der Waals surface area contributed by atoms with E-state index in [0.29, 0.717) is 5.56 Å². The highest BCUT2D eigenvalue weighted by Crippen LogP contribution is 2.24. The van der Waals surface area contributed by atoms with Crippen LogP contribution in [0.5, 0.6) is 5.75 Å². The first-order valence-corrected chi connectivity index (χ1v) is 9.90. The molecule has 0 aliphatic carbocycles. The van der Waals surface area contributed by atoms with Crippen LogP contribution in [0.4, 0.5) is 11.4 Å². The molecule has 0 bridgehead atoms. The van der Waals surface area contributed by atoms with E-state index in [1.165, 1.54) is 6.33 Å². The summed E-state index contributed by atoms with van der Waals surface area (Å²) in [5.74, 6) is 0.629. The molecule has 2 N–H and O–H groups in total. The maximum absolute atomic E-state index is 13.0. The minimum atomic E-state index is -0.161. The molecule has 1 unspecified atom stereocenters. The Morgan fingerprint density at radius 1 is 1.00 bits per heavy atom. The van der Waals surface area contributed by atoms with Crippen molar-refractivity contribution in [2.24, 2.45) is 0 Å². The van der Waals surface area contributed by atoms with Crippen LogP contribution >= 0.6 is 0 Å². The van der Waals surface area contributed by atoms with Crippen molar-refractivity contribution in [3.05, 3.63) is 96.6 Å². The van der Waals surface area contributed by atoms with Gasteiger partial charge < -0.3 is 15.4 Å². The SMILES string of the molecule is COc1ccc(Nc2ccccc2C(=O)NC(C)c2ccc(-n3cncn3)cc2)cc1. The Kier molecular flexibility index (Phi) is 5.93. The predicted octanol–water partition coefficient (Wildman–Crippen LogP) is 4.51. The van der Waals surface area contributed by atoms with Gasteiger partial charge in [0.15, 0.2) is 0 Å². The second-order valence-corrected chi connectivity index (χ2v) is 7.03. The van der Waals surface area contributed by atoms with Crippen LogP contribution in [0.2, 0.25) is 0 Å². The lowest BCUT2D eigenvalue weighted by molar-refractivity contribution is 0.0940. The van der Waals surface area contributed by atoms with Crippen LogP contribution in [0.25, 0.3) is 5.69 Å². The molecule has 0 saturated heterocycles. The number of carbonyl (C=O) groups excluding carboxylic acids is 1. The van der Waals surface area contributed by atoms with E-state index in [4.69, 9.17) is 4.74 Å². The summed E-state index contributed by atoms with van der Waals surface area (Å²) < 4.78 is 6.88. The fourth-order valence-corrected chi connectivity index (χ4v) is 3.23. The molecule has 1 atom stereocenters. The van der Waals surface area contributed by atoms with E-state index in [0.717, 1.165) is 28.4 Å². The zero-order valence-corrected chi connectivity index (χ0v) is 17.3. The van der Waals surface area contributed by atoms with Gasteiger partial charge in [-0.05, 0) is 61.0 Å². The standard InChI is InChI=1S/C24H23N5O2/c1-17(18-7-11-20(12-8-18)29-16-25-15-26-29)27-24(30)22-5-3-4-6-23(22)28-19-9-13-21(31-2)14-10-19/h3-17,28H,1-2H3,(H,27,30). The van der Waals surface area contributed by atoms with Gasteiger partial charge in [0.05, 0.1) is 30.1 Å². The number of aromatic nitrogens is 3. The first-order chi connectivity index (χ1) is 15.1. The van der Waals surface area contributed by atoms with Crippen molar-refractivity contribution in [2.45, 2.75) is 13.0 Å². The second-order valence-electron chi connectivity index (χ2n) is 7.03.